The lowest BCUT2D eigenvalue weighted by Gasteiger charge is -2.22. The Labute approximate surface area is 450 Å². The van der Waals surface area contributed by atoms with Gasteiger partial charge in [-0.15, -0.1) is 0 Å². The van der Waals surface area contributed by atoms with E-state index >= 15 is 0 Å². The molecule has 0 rings (SSSR count). The summed E-state index contributed by atoms with van der Waals surface area (Å²) in [5.74, 6) is -0.0196. The zero-order valence-corrected chi connectivity index (χ0v) is 48.9. The maximum atomic E-state index is 12.5. The first-order valence-electron chi connectivity index (χ1n) is 32.9. The number of allylic oxidation sites excluding steroid dienone is 2. The number of aliphatic hydroxyl groups is 2. The smallest absolute Gasteiger partial charge is 0.305 e. The molecule has 0 radical (unpaired) electrons. The topological polar surface area (TPSA) is 95.9 Å². The zero-order chi connectivity index (χ0) is 52.2. The number of carbonyl (C=O) groups is 2. The van der Waals surface area contributed by atoms with Crippen molar-refractivity contribution >= 4 is 11.9 Å². The molecule has 6 nitrogen and oxygen atoms in total. The van der Waals surface area contributed by atoms with Gasteiger partial charge in [0.25, 0.3) is 0 Å². The van der Waals surface area contributed by atoms with Gasteiger partial charge in [0.05, 0.1) is 25.4 Å². The predicted octanol–water partition coefficient (Wildman–Crippen LogP) is 20.8. The number of rotatable bonds is 62. The number of carbonyl (C=O) groups excluding carboxylic acids is 2. The molecule has 2 atom stereocenters. The summed E-state index contributed by atoms with van der Waals surface area (Å²) in [4.78, 5) is 24.5. The predicted molar refractivity (Wildman–Crippen MR) is 315 cm³/mol. The van der Waals surface area contributed by atoms with E-state index in [2.05, 4.69) is 31.3 Å². The first-order chi connectivity index (χ1) is 35.5. The van der Waals surface area contributed by atoms with Gasteiger partial charge in [-0.2, -0.15) is 0 Å². The van der Waals surface area contributed by atoms with Crippen molar-refractivity contribution < 1.29 is 24.5 Å². The fraction of sp³-hybridized carbons (Fsp3) is 0.939. The summed E-state index contributed by atoms with van der Waals surface area (Å²) >= 11 is 0. The van der Waals surface area contributed by atoms with Crippen molar-refractivity contribution in [3.63, 3.8) is 0 Å². The minimum absolute atomic E-state index is 0.00892. The molecule has 0 saturated heterocycles. The lowest BCUT2D eigenvalue weighted by Crippen LogP contribution is -2.45. The molecule has 0 aliphatic heterocycles. The molecule has 3 N–H and O–H groups in total. The second kappa shape index (κ2) is 62.1. The van der Waals surface area contributed by atoms with Crippen LogP contribution in [0.25, 0.3) is 0 Å². The number of nitrogens with one attached hydrogen (secondary N) is 1. The monoisotopic (exact) mass is 1020 g/mol. The Morgan fingerprint density at radius 2 is 0.667 bits per heavy atom. The van der Waals surface area contributed by atoms with Gasteiger partial charge >= 0.3 is 5.97 Å². The highest BCUT2D eigenvalue weighted by Crippen LogP contribution is 2.19. The summed E-state index contributed by atoms with van der Waals surface area (Å²) in [6.07, 6.45) is 75.3. The molecule has 0 aliphatic carbocycles. The van der Waals surface area contributed by atoms with Crippen molar-refractivity contribution in [3.05, 3.63) is 12.2 Å². The summed E-state index contributed by atoms with van der Waals surface area (Å²) in [7, 11) is 0. The third-order valence-electron chi connectivity index (χ3n) is 15.6. The normalized spacial score (nSPS) is 12.6. The second-order valence-corrected chi connectivity index (χ2v) is 22.8. The Morgan fingerprint density at radius 1 is 0.375 bits per heavy atom. The Balaban J connectivity index is 3.33. The van der Waals surface area contributed by atoms with Crippen molar-refractivity contribution in [1.29, 1.82) is 0 Å². The molecule has 0 aliphatic rings. The van der Waals surface area contributed by atoms with Gasteiger partial charge in [-0.25, -0.2) is 0 Å². The van der Waals surface area contributed by atoms with Gasteiger partial charge in [0, 0.05) is 12.8 Å². The van der Waals surface area contributed by atoms with Gasteiger partial charge in [-0.3, -0.25) is 9.59 Å². The molecule has 0 bridgehead atoms. The highest BCUT2D eigenvalue weighted by molar-refractivity contribution is 5.76. The zero-order valence-electron chi connectivity index (χ0n) is 48.9. The average Bonchev–Trinajstić information content (AvgIpc) is 3.38. The van der Waals surface area contributed by atoms with Crippen molar-refractivity contribution in [1.82, 2.24) is 5.32 Å². The molecule has 72 heavy (non-hydrogen) atoms. The van der Waals surface area contributed by atoms with Crippen LogP contribution < -0.4 is 5.32 Å². The lowest BCUT2D eigenvalue weighted by molar-refractivity contribution is -0.143. The standard InChI is InChI=1S/C66H129NO5/c1-3-5-7-9-11-13-15-16-32-35-39-42-46-50-54-58-64(69)63(62-68)67-65(70)59-55-51-47-43-40-36-33-30-28-26-24-22-20-18-17-19-21-23-25-27-29-31-34-37-41-45-49-53-57-61-72-66(71)60-56-52-48-44-38-14-12-10-8-6-4-2/h10,12,63-64,68-69H,3-9,11,13-62H2,1-2H3,(H,67,70)/b12-10-. The molecular weight excluding hydrogens is 887 g/mol. The average molecular weight is 1020 g/mol. The summed E-state index contributed by atoms with van der Waals surface area (Å²) < 4.78 is 5.47. The largest absolute Gasteiger partial charge is 0.466 e. The summed E-state index contributed by atoms with van der Waals surface area (Å²) in [6.45, 7) is 4.95. The van der Waals surface area contributed by atoms with Crippen LogP contribution in [0.3, 0.4) is 0 Å². The third-order valence-corrected chi connectivity index (χ3v) is 15.6. The number of aliphatic hydroxyl groups excluding tert-OH is 2. The Kier molecular flexibility index (Phi) is 60.9. The number of esters is 1. The summed E-state index contributed by atoms with van der Waals surface area (Å²) in [6, 6.07) is -0.537. The van der Waals surface area contributed by atoms with Gasteiger partial charge in [0.15, 0.2) is 0 Å². The van der Waals surface area contributed by atoms with Crippen LogP contribution in [0, 0.1) is 0 Å². The molecule has 428 valence electrons. The van der Waals surface area contributed by atoms with Crippen molar-refractivity contribution in [2.75, 3.05) is 13.2 Å². The molecule has 0 fully saturated rings. The van der Waals surface area contributed by atoms with Crippen LogP contribution in [0.2, 0.25) is 0 Å². The third kappa shape index (κ3) is 57.9. The van der Waals surface area contributed by atoms with Crippen LogP contribution in [0.5, 0.6) is 0 Å². The fourth-order valence-electron chi connectivity index (χ4n) is 10.5. The molecule has 0 aromatic carbocycles. The number of ether oxygens (including phenoxy) is 1. The first-order valence-corrected chi connectivity index (χ1v) is 32.9. The molecule has 6 heteroatoms. The number of hydrogen-bond acceptors (Lipinski definition) is 5. The van der Waals surface area contributed by atoms with Gasteiger partial charge in [-0.1, -0.05) is 328 Å². The van der Waals surface area contributed by atoms with E-state index in [1.807, 2.05) is 0 Å². The Morgan fingerprint density at radius 3 is 1.03 bits per heavy atom. The van der Waals surface area contributed by atoms with E-state index in [1.165, 1.54) is 295 Å². The highest BCUT2D eigenvalue weighted by Gasteiger charge is 2.20. The van der Waals surface area contributed by atoms with E-state index in [4.69, 9.17) is 4.74 Å². The SMILES string of the molecule is CCCC/C=C\CCCCCCCC(=O)OCCCCCCCCCCCCCCCCCCCCCCCCCCCCCCCC(=O)NC(CO)C(O)CCCCCCCCCCCCCCCCC. The van der Waals surface area contributed by atoms with Gasteiger partial charge < -0.3 is 20.3 Å². The van der Waals surface area contributed by atoms with E-state index in [-0.39, 0.29) is 18.5 Å². The fourth-order valence-corrected chi connectivity index (χ4v) is 10.5. The Bertz CT molecular complexity index is 1080. The molecule has 0 heterocycles. The molecule has 1 amide bonds. The maximum absolute atomic E-state index is 12.5. The summed E-state index contributed by atoms with van der Waals surface area (Å²) in [5.41, 5.74) is 0. The van der Waals surface area contributed by atoms with E-state index in [0.717, 1.165) is 44.9 Å². The van der Waals surface area contributed by atoms with Crippen LogP contribution in [0.15, 0.2) is 12.2 Å². The molecule has 2 unspecified atom stereocenters. The van der Waals surface area contributed by atoms with Gasteiger partial charge in [-0.05, 0) is 44.9 Å². The molecule has 0 saturated carbocycles. The molecular formula is C66H129NO5. The minimum Gasteiger partial charge on any atom is -0.466 e. The lowest BCUT2D eigenvalue weighted by atomic mass is 10.0. The van der Waals surface area contributed by atoms with Crippen LogP contribution >= 0.6 is 0 Å². The molecule has 0 aromatic heterocycles. The minimum atomic E-state index is -0.661. The number of hydrogen-bond donors (Lipinski definition) is 3. The van der Waals surface area contributed by atoms with Crippen molar-refractivity contribution in [2.45, 2.75) is 386 Å². The quantitative estimate of drug-likeness (QED) is 0.0320. The van der Waals surface area contributed by atoms with Gasteiger partial charge in [0.2, 0.25) is 5.91 Å². The van der Waals surface area contributed by atoms with E-state index < -0.39 is 12.1 Å². The van der Waals surface area contributed by atoms with Crippen LogP contribution in [0.4, 0.5) is 0 Å². The molecule has 0 aromatic rings. The highest BCUT2D eigenvalue weighted by atomic mass is 16.5. The molecule has 0 spiro atoms. The van der Waals surface area contributed by atoms with Crippen LogP contribution in [-0.4, -0.2) is 47.4 Å². The Hall–Kier alpha value is -1.40. The van der Waals surface area contributed by atoms with Crippen LogP contribution in [0.1, 0.15) is 373 Å². The number of unbranched alkanes of at least 4 members (excludes halogenated alkanes) is 49. The first kappa shape index (κ1) is 70.6. The van der Waals surface area contributed by atoms with E-state index in [9.17, 15) is 19.8 Å². The second-order valence-electron chi connectivity index (χ2n) is 22.8. The van der Waals surface area contributed by atoms with E-state index in [0.29, 0.717) is 25.9 Å². The van der Waals surface area contributed by atoms with E-state index in [1.54, 1.807) is 0 Å². The maximum Gasteiger partial charge on any atom is 0.305 e. The summed E-state index contributed by atoms with van der Waals surface area (Å²) in [5, 5.41) is 23.3. The van der Waals surface area contributed by atoms with Gasteiger partial charge in [0.1, 0.15) is 0 Å². The van der Waals surface area contributed by atoms with Crippen molar-refractivity contribution in [2.24, 2.45) is 0 Å². The van der Waals surface area contributed by atoms with Crippen LogP contribution in [-0.2, 0) is 14.3 Å². The number of amides is 1. The van der Waals surface area contributed by atoms with Crippen molar-refractivity contribution in [3.8, 4) is 0 Å².